The van der Waals surface area contributed by atoms with Crippen LogP contribution in [0.3, 0.4) is 0 Å². The monoisotopic (exact) mass is 391 g/mol. The zero-order valence-corrected chi connectivity index (χ0v) is 16.8. The molecule has 1 atom stereocenters. The Balaban J connectivity index is 1.23. The van der Waals surface area contributed by atoms with Crippen LogP contribution in [0.15, 0.2) is 23.5 Å². The molecule has 0 bridgehead atoms. The van der Waals surface area contributed by atoms with E-state index in [2.05, 4.69) is 35.4 Å². The second kappa shape index (κ2) is 11.8. The summed E-state index contributed by atoms with van der Waals surface area (Å²) in [5, 5.41) is 6.74. The van der Waals surface area contributed by atoms with Crippen molar-refractivity contribution in [3.63, 3.8) is 0 Å². The molecule has 28 heavy (non-hydrogen) atoms. The lowest BCUT2D eigenvalue weighted by molar-refractivity contribution is 0.0420. The maximum atomic E-state index is 5.77. The summed E-state index contributed by atoms with van der Waals surface area (Å²) in [6, 6.07) is 1.85. The Bertz CT molecular complexity index is 573. The molecule has 2 N–H and O–H groups in total. The summed E-state index contributed by atoms with van der Waals surface area (Å²) < 4.78 is 11.1. The molecule has 3 rings (SSSR count). The van der Waals surface area contributed by atoms with Gasteiger partial charge in [-0.1, -0.05) is 0 Å². The minimum atomic E-state index is 0.284. The maximum absolute atomic E-state index is 5.77. The Morgan fingerprint density at radius 3 is 2.71 bits per heavy atom. The number of nitrogens with zero attached hydrogens (tertiary/aromatic N) is 5. The number of ether oxygens (including phenoxy) is 2. The second-order valence-electron chi connectivity index (χ2n) is 7.01. The van der Waals surface area contributed by atoms with Crippen LogP contribution in [-0.2, 0) is 9.47 Å². The third-order valence-corrected chi connectivity index (χ3v) is 5.01. The number of guanidine groups is 1. The first-order chi connectivity index (χ1) is 13.8. The van der Waals surface area contributed by atoms with Gasteiger partial charge >= 0.3 is 0 Å². The van der Waals surface area contributed by atoms with E-state index >= 15 is 0 Å². The van der Waals surface area contributed by atoms with Gasteiger partial charge in [0.2, 0.25) is 5.95 Å². The van der Waals surface area contributed by atoms with Crippen LogP contribution in [-0.4, -0.2) is 99.6 Å². The van der Waals surface area contributed by atoms with E-state index < -0.39 is 0 Å². The fourth-order valence-electron chi connectivity index (χ4n) is 3.35. The van der Waals surface area contributed by atoms with Crippen LogP contribution in [0.1, 0.15) is 12.8 Å². The molecule has 0 amide bonds. The summed E-state index contributed by atoms with van der Waals surface area (Å²) in [5.41, 5.74) is 0. The summed E-state index contributed by atoms with van der Waals surface area (Å²) in [6.45, 7) is 9.01. The average molecular weight is 392 g/mol. The number of nitrogens with one attached hydrogen (secondary N) is 2. The zero-order valence-electron chi connectivity index (χ0n) is 16.8. The van der Waals surface area contributed by atoms with Crippen molar-refractivity contribution in [3.8, 4) is 0 Å². The minimum Gasteiger partial charge on any atom is -0.379 e. The van der Waals surface area contributed by atoms with Crippen LogP contribution < -0.4 is 15.5 Å². The molecular weight excluding hydrogens is 358 g/mol. The normalized spacial score (nSPS) is 21.1. The van der Waals surface area contributed by atoms with Crippen molar-refractivity contribution in [2.45, 2.75) is 18.9 Å². The number of aliphatic imine (C=N–C) groups is 1. The number of aromatic nitrogens is 2. The van der Waals surface area contributed by atoms with E-state index in [1.165, 1.54) is 0 Å². The summed E-state index contributed by atoms with van der Waals surface area (Å²) in [5.74, 6) is 1.68. The molecule has 2 aliphatic heterocycles. The van der Waals surface area contributed by atoms with Gasteiger partial charge in [0.25, 0.3) is 0 Å². The number of hydrogen-bond donors (Lipinski definition) is 2. The molecule has 2 aliphatic rings. The zero-order chi connectivity index (χ0) is 19.4. The summed E-state index contributed by atoms with van der Waals surface area (Å²) in [7, 11) is 1.81. The Labute approximate surface area is 167 Å². The van der Waals surface area contributed by atoms with Gasteiger partial charge in [0.05, 0.1) is 12.7 Å². The Kier molecular flexibility index (Phi) is 8.73. The first kappa shape index (κ1) is 20.8. The average Bonchev–Trinajstić information content (AvgIpc) is 3.27. The first-order valence-electron chi connectivity index (χ1n) is 10.2. The Morgan fingerprint density at radius 1 is 1.21 bits per heavy atom. The second-order valence-corrected chi connectivity index (χ2v) is 7.01. The molecule has 0 aromatic carbocycles. The maximum Gasteiger partial charge on any atom is 0.225 e. The van der Waals surface area contributed by atoms with Crippen molar-refractivity contribution < 1.29 is 9.47 Å². The molecule has 1 aromatic rings. The largest absolute Gasteiger partial charge is 0.379 e. The van der Waals surface area contributed by atoms with Crippen LogP contribution >= 0.6 is 0 Å². The van der Waals surface area contributed by atoms with Crippen molar-refractivity contribution in [1.29, 1.82) is 0 Å². The molecule has 9 heteroatoms. The van der Waals surface area contributed by atoms with E-state index in [1.54, 1.807) is 19.4 Å². The van der Waals surface area contributed by atoms with E-state index in [1.807, 2.05) is 6.07 Å². The van der Waals surface area contributed by atoms with Gasteiger partial charge in [0.1, 0.15) is 0 Å². The van der Waals surface area contributed by atoms with Crippen LogP contribution in [0, 0.1) is 0 Å². The highest BCUT2D eigenvalue weighted by atomic mass is 16.5. The van der Waals surface area contributed by atoms with E-state index in [0.29, 0.717) is 0 Å². The fraction of sp³-hybridized carbons (Fsp3) is 0.737. The van der Waals surface area contributed by atoms with Crippen LogP contribution in [0.2, 0.25) is 0 Å². The fourth-order valence-corrected chi connectivity index (χ4v) is 3.35. The smallest absolute Gasteiger partial charge is 0.225 e. The lowest BCUT2D eigenvalue weighted by Crippen LogP contribution is -2.49. The predicted octanol–water partition coefficient (Wildman–Crippen LogP) is -0.0408. The minimum absolute atomic E-state index is 0.284. The molecule has 1 aromatic heterocycles. The number of piperazine rings is 1. The van der Waals surface area contributed by atoms with Gasteiger partial charge in [0.15, 0.2) is 5.96 Å². The first-order valence-corrected chi connectivity index (χ1v) is 10.2. The van der Waals surface area contributed by atoms with Crippen LogP contribution in [0.25, 0.3) is 0 Å². The topological polar surface area (TPSA) is 87.1 Å². The van der Waals surface area contributed by atoms with Gasteiger partial charge < -0.3 is 25.0 Å². The van der Waals surface area contributed by atoms with Gasteiger partial charge in [-0.15, -0.1) is 0 Å². The van der Waals surface area contributed by atoms with E-state index in [4.69, 9.17) is 9.47 Å². The molecule has 0 radical (unpaired) electrons. The molecule has 156 valence electrons. The van der Waals surface area contributed by atoms with Gasteiger partial charge in [0, 0.05) is 78.5 Å². The van der Waals surface area contributed by atoms with Crippen molar-refractivity contribution in [3.05, 3.63) is 18.5 Å². The van der Waals surface area contributed by atoms with Crippen LogP contribution in [0.4, 0.5) is 5.95 Å². The van der Waals surface area contributed by atoms with E-state index in [-0.39, 0.29) is 6.10 Å². The quantitative estimate of drug-likeness (QED) is 0.345. The molecule has 9 nitrogen and oxygen atoms in total. The highest BCUT2D eigenvalue weighted by Crippen LogP contribution is 2.09. The Morgan fingerprint density at radius 2 is 2.00 bits per heavy atom. The van der Waals surface area contributed by atoms with E-state index in [9.17, 15) is 0 Å². The Hall–Kier alpha value is -1.97. The summed E-state index contributed by atoms with van der Waals surface area (Å²) in [4.78, 5) is 17.6. The number of anilines is 1. The van der Waals surface area contributed by atoms with Gasteiger partial charge in [-0.2, -0.15) is 0 Å². The molecule has 0 saturated carbocycles. The molecule has 2 saturated heterocycles. The molecule has 2 fully saturated rings. The molecular formula is C19H33N7O2. The number of rotatable bonds is 9. The number of hydrogen-bond acceptors (Lipinski definition) is 7. The van der Waals surface area contributed by atoms with Gasteiger partial charge in [-0.05, 0) is 18.9 Å². The third kappa shape index (κ3) is 6.88. The summed E-state index contributed by atoms with van der Waals surface area (Å²) in [6.07, 6.45) is 5.86. The standard InChI is InChI=1S/C19H33N7O2/c1-20-18(21-7-3-14-28-17-4-15-27-16-17)22-8-9-25-10-12-26(13-11-25)19-23-5-2-6-24-19/h2,5-6,17H,3-4,7-16H2,1H3,(H2,20,21,22). The van der Waals surface area contributed by atoms with E-state index in [0.717, 1.165) is 90.4 Å². The predicted molar refractivity (Wildman–Crippen MR) is 110 cm³/mol. The highest BCUT2D eigenvalue weighted by molar-refractivity contribution is 5.79. The lowest BCUT2D eigenvalue weighted by atomic mass is 10.3. The molecule has 0 spiro atoms. The SMILES string of the molecule is CN=C(NCCCOC1CCOC1)NCCN1CCN(c2ncccn2)CC1. The van der Waals surface area contributed by atoms with Crippen molar-refractivity contribution in [2.24, 2.45) is 4.99 Å². The highest BCUT2D eigenvalue weighted by Gasteiger charge is 2.18. The molecule has 1 unspecified atom stereocenters. The van der Waals surface area contributed by atoms with Crippen molar-refractivity contribution in [1.82, 2.24) is 25.5 Å². The van der Waals surface area contributed by atoms with Crippen molar-refractivity contribution in [2.75, 3.05) is 77.6 Å². The molecule has 3 heterocycles. The third-order valence-electron chi connectivity index (χ3n) is 5.01. The lowest BCUT2D eigenvalue weighted by Gasteiger charge is -2.34. The van der Waals surface area contributed by atoms with Crippen LogP contribution in [0.5, 0.6) is 0 Å². The van der Waals surface area contributed by atoms with Gasteiger partial charge in [-0.25, -0.2) is 9.97 Å². The summed E-state index contributed by atoms with van der Waals surface area (Å²) >= 11 is 0. The van der Waals surface area contributed by atoms with Crippen molar-refractivity contribution >= 4 is 11.9 Å². The molecule has 0 aliphatic carbocycles. The van der Waals surface area contributed by atoms with Gasteiger partial charge in [-0.3, -0.25) is 9.89 Å².